The van der Waals surface area contributed by atoms with Crippen LogP contribution in [0.15, 0.2) is 36.4 Å². The van der Waals surface area contributed by atoms with Gasteiger partial charge in [-0.05, 0) is 54.3 Å². The van der Waals surface area contributed by atoms with E-state index in [2.05, 4.69) is 0 Å². The third-order valence-corrected chi connectivity index (χ3v) is 3.72. The first kappa shape index (κ1) is 14.3. The monoisotopic (exact) mass is 297 g/mol. The highest BCUT2D eigenvalue weighted by atomic mass is 35.5. The van der Waals surface area contributed by atoms with E-state index in [1.807, 2.05) is 19.1 Å². The van der Waals surface area contributed by atoms with E-state index in [1.54, 1.807) is 12.1 Å². The minimum absolute atomic E-state index is 0.214. The Morgan fingerprint density at radius 3 is 2.47 bits per heavy atom. The molecule has 2 N–H and O–H groups in total. The zero-order valence-corrected chi connectivity index (χ0v) is 12.0. The Balaban J connectivity index is 2.35. The fraction of sp³-hybridized carbons (Fsp3) is 0.200. The summed E-state index contributed by atoms with van der Waals surface area (Å²) in [6.07, 6.45) is 0.647. The molecule has 4 heteroatoms. The maximum atomic E-state index is 13.3. The lowest BCUT2D eigenvalue weighted by Gasteiger charge is -2.13. The van der Waals surface area contributed by atoms with Crippen LogP contribution in [0.1, 0.15) is 29.7 Å². The van der Waals surface area contributed by atoms with Crippen LogP contribution in [0, 0.1) is 5.82 Å². The topological polar surface area (TPSA) is 26.0 Å². The molecule has 0 radical (unpaired) electrons. The van der Waals surface area contributed by atoms with Gasteiger partial charge < -0.3 is 5.73 Å². The second kappa shape index (κ2) is 5.91. The van der Waals surface area contributed by atoms with Crippen molar-refractivity contribution >= 4 is 23.2 Å². The van der Waals surface area contributed by atoms with Gasteiger partial charge in [0.25, 0.3) is 0 Å². The number of hydrogen-bond acceptors (Lipinski definition) is 1. The maximum Gasteiger partial charge on any atom is 0.123 e. The molecule has 2 rings (SSSR count). The number of hydrogen-bond donors (Lipinski definition) is 1. The molecule has 0 bridgehead atoms. The van der Waals surface area contributed by atoms with Crippen LogP contribution in [-0.2, 0) is 6.42 Å². The van der Waals surface area contributed by atoms with Crippen LogP contribution >= 0.6 is 23.2 Å². The summed E-state index contributed by atoms with van der Waals surface area (Å²) in [5, 5.41) is 1.04. The molecule has 2 aromatic rings. The fourth-order valence-electron chi connectivity index (χ4n) is 2.02. The van der Waals surface area contributed by atoms with E-state index in [4.69, 9.17) is 28.9 Å². The summed E-state index contributed by atoms with van der Waals surface area (Å²) in [5.74, 6) is -0.273. The maximum absolute atomic E-state index is 13.3. The summed E-state index contributed by atoms with van der Waals surface area (Å²) >= 11 is 11.9. The van der Waals surface area contributed by atoms with Gasteiger partial charge in [-0.3, -0.25) is 0 Å². The Bertz CT molecular complexity index is 597. The Morgan fingerprint density at radius 2 is 1.84 bits per heavy atom. The van der Waals surface area contributed by atoms with E-state index in [1.165, 1.54) is 12.1 Å². The molecule has 0 saturated heterocycles. The van der Waals surface area contributed by atoms with Crippen LogP contribution in [0.25, 0.3) is 0 Å². The van der Waals surface area contributed by atoms with Gasteiger partial charge in [0.05, 0.1) is 10.0 Å². The average molecular weight is 298 g/mol. The zero-order valence-electron chi connectivity index (χ0n) is 10.5. The van der Waals surface area contributed by atoms with Crippen molar-refractivity contribution in [2.75, 3.05) is 0 Å². The predicted molar refractivity (Wildman–Crippen MR) is 78.3 cm³/mol. The van der Waals surface area contributed by atoms with Gasteiger partial charge in [-0.2, -0.15) is 0 Å². The average Bonchev–Trinajstić information content (AvgIpc) is 2.36. The van der Waals surface area contributed by atoms with Gasteiger partial charge in [0.1, 0.15) is 5.82 Å². The van der Waals surface area contributed by atoms with Crippen LogP contribution < -0.4 is 5.73 Å². The molecule has 0 aliphatic rings. The number of rotatable bonds is 3. The minimum atomic E-state index is -0.273. The normalized spacial score (nSPS) is 12.5. The fourth-order valence-corrected chi connectivity index (χ4v) is 2.34. The molecule has 0 fully saturated rings. The quantitative estimate of drug-likeness (QED) is 0.870. The molecule has 0 amide bonds. The summed E-state index contributed by atoms with van der Waals surface area (Å²) in [7, 11) is 0. The largest absolute Gasteiger partial charge is 0.324 e. The van der Waals surface area contributed by atoms with Gasteiger partial charge in [0.2, 0.25) is 0 Å². The van der Waals surface area contributed by atoms with E-state index < -0.39 is 0 Å². The van der Waals surface area contributed by atoms with Crippen molar-refractivity contribution in [3.8, 4) is 0 Å². The minimum Gasteiger partial charge on any atom is -0.324 e. The van der Waals surface area contributed by atoms with Gasteiger partial charge in [-0.25, -0.2) is 4.39 Å². The Kier molecular flexibility index (Phi) is 4.46. The molecule has 0 saturated carbocycles. The first-order valence-electron chi connectivity index (χ1n) is 5.95. The Morgan fingerprint density at radius 1 is 1.11 bits per heavy atom. The first-order valence-corrected chi connectivity index (χ1v) is 6.71. The van der Waals surface area contributed by atoms with E-state index in [9.17, 15) is 4.39 Å². The number of halogens is 3. The Hall–Kier alpha value is -1.09. The van der Waals surface area contributed by atoms with Gasteiger partial charge in [0, 0.05) is 6.04 Å². The number of nitrogens with two attached hydrogens (primary N) is 1. The van der Waals surface area contributed by atoms with Crippen molar-refractivity contribution in [3.63, 3.8) is 0 Å². The molecule has 1 atom stereocenters. The molecule has 1 unspecified atom stereocenters. The van der Waals surface area contributed by atoms with Crippen molar-refractivity contribution in [2.24, 2.45) is 5.73 Å². The van der Waals surface area contributed by atoms with Gasteiger partial charge in [-0.15, -0.1) is 0 Å². The van der Waals surface area contributed by atoms with Crippen molar-refractivity contribution in [2.45, 2.75) is 19.4 Å². The molecule has 100 valence electrons. The molecule has 19 heavy (non-hydrogen) atoms. The lowest BCUT2D eigenvalue weighted by molar-refractivity contribution is 0.621. The predicted octanol–water partition coefficient (Wildman–Crippen LogP) is 4.74. The highest BCUT2D eigenvalue weighted by molar-refractivity contribution is 6.42. The van der Waals surface area contributed by atoms with Gasteiger partial charge >= 0.3 is 0 Å². The highest BCUT2D eigenvalue weighted by Gasteiger charge is 2.10. The lowest BCUT2D eigenvalue weighted by atomic mass is 9.96. The summed E-state index contributed by atoms with van der Waals surface area (Å²) in [6.45, 7) is 1.84. The second-order valence-electron chi connectivity index (χ2n) is 4.56. The van der Waals surface area contributed by atoms with Crippen LogP contribution in [0.3, 0.4) is 0 Å². The molecule has 0 aliphatic carbocycles. The SMILES string of the molecule is CC(N)c1cc(F)ccc1Cc1ccc(Cl)c(Cl)c1. The zero-order chi connectivity index (χ0) is 14.0. The summed E-state index contributed by atoms with van der Waals surface area (Å²) in [6, 6.07) is 9.95. The van der Waals surface area contributed by atoms with E-state index in [0.717, 1.165) is 16.7 Å². The highest BCUT2D eigenvalue weighted by Crippen LogP contribution is 2.26. The van der Waals surface area contributed by atoms with Crippen molar-refractivity contribution in [1.82, 2.24) is 0 Å². The standard InChI is InChI=1S/C15H14Cl2FN/c1-9(19)13-8-12(18)4-3-11(13)6-10-2-5-14(16)15(17)7-10/h2-5,7-9H,6,19H2,1H3. The molecule has 1 nitrogen and oxygen atoms in total. The molecule has 0 spiro atoms. The van der Waals surface area contributed by atoms with Crippen molar-refractivity contribution < 1.29 is 4.39 Å². The van der Waals surface area contributed by atoms with Crippen LogP contribution in [0.5, 0.6) is 0 Å². The molecule has 0 aromatic heterocycles. The summed E-state index contributed by atoms with van der Waals surface area (Å²) in [5.41, 5.74) is 8.70. The second-order valence-corrected chi connectivity index (χ2v) is 5.37. The first-order chi connectivity index (χ1) is 8.97. The van der Waals surface area contributed by atoms with Crippen LogP contribution in [0.4, 0.5) is 4.39 Å². The number of benzene rings is 2. The van der Waals surface area contributed by atoms with E-state index in [-0.39, 0.29) is 11.9 Å². The molecule has 0 heterocycles. The van der Waals surface area contributed by atoms with Crippen LogP contribution in [-0.4, -0.2) is 0 Å². The van der Waals surface area contributed by atoms with E-state index in [0.29, 0.717) is 16.5 Å². The smallest absolute Gasteiger partial charge is 0.123 e. The molecule has 0 aliphatic heterocycles. The lowest BCUT2D eigenvalue weighted by Crippen LogP contribution is -2.09. The van der Waals surface area contributed by atoms with Gasteiger partial charge in [-0.1, -0.05) is 35.3 Å². The molecular formula is C15H14Cl2FN. The van der Waals surface area contributed by atoms with Crippen molar-refractivity contribution in [3.05, 3.63) is 69.0 Å². The third-order valence-electron chi connectivity index (χ3n) is 2.98. The van der Waals surface area contributed by atoms with E-state index >= 15 is 0 Å². The van der Waals surface area contributed by atoms with Gasteiger partial charge in [0.15, 0.2) is 0 Å². The summed E-state index contributed by atoms with van der Waals surface area (Å²) < 4.78 is 13.3. The summed E-state index contributed by atoms with van der Waals surface area (Å²) in [4.78, 5) is 0. The van der Waals surface area contributed by atoms with Crippen molar-refractivity contribution in [1.29, 1.82) is 0 Å². The Labute approximate surface area is 122 Å². The molecule has 2 aromatic carbocycles. The molecular weight excluding hydrogens is 284 g/mol. The van der Waals surface area contributed by atoms with Crippen LogP contribution in [0.2, 0.25) is 10.0 Å². The third kappa shape index (κ3) is 3.47.